The molecule has 1 aromatic carbocycles. The van der Waals surface area contributed by atoms with Gasteiger partial charge in [-0.1, -0.05) is 47.9 Å². The van der Waals surface area contributed by atoms with Gasteiger partial charge < -0.3 is 4.74 Å². The molecule has 3 rings (SSSR count). The van der Waals surface area contributed by atoms with Crippen LogP contribution in [0.25, 0.3) is 0 Å². The molecule has 0 bridgehead atoms. The molecule has 1 aliphatic rings. The van der Waals surface area contributed by atoms with Crippen LogP contribution in [0, 0.1) is 6.92 Å². The molecular formula is C18H25N3O. The van der Waals surface area contributed by atoms with Gasteiger partial charge in [-0.05, 0) is 38.7 Å². The van der Waals surface area contributed by atoms with Crippen molar-refractivity contribution < 1.29 is 4.74 Å². The van der Waals surface area contributed by atoms with Crippen LogP contribution in [0.5, 0.6) is 0 Å². The summed E-state index contributed by atoms with van der Waals surface area (Å²) in [5, 5.41) is 8.86. The summed E-state index contributed by atoms with van der Waals surface area (Å²) in [5.74, 6) is 0. The van der Waals surface area contributed by atoms with E-state index in [1.165, 1.54) is 36.1 Å². The highest BCUT2D eigenvalue weighted by molar-refractivity contribution is 5.23. The first-order valence-electron chi connectivity index (χ1n) is 8.37. The number of aryl methyl sites for hydroxylation is 2. The van der Waals surface area contributed by atoms with Gasteiger partial charge in [0.25, 0.3) is 0 Å². The van der Waals surface area contributed by atoms with Crippen LogP contribution in [0.3, 0.4) is 0 Å². The van der Waals surface area contributed by atoms with Crippen LogP contribution < -0.4 is 0 Å². The fourth-order valence-corrected chi connectivity index (χ4v) is 3.17. The second-order valence-electron chi connectivity index (χ2n) is 6.11. The molecule has 0 amide bonds. The van der Waals surface area contributed by atoms with Crippen molar-refractivity contribution >= 4 is 0 Å². The van der Waals surface area contributed by atoms with Crippen molar-refractivity contribution in [2.75, 3.05) is 6.61 Å². The van der Waals surface area contributed by atoms with Crippen molar-refractivity contribution in [2.45, 2.75) is 58.6 Å². The molecule has 4 nitrogen and oxygen atoms in total. The molecule has 118 valence electrons. The Hall–Kier alpha value is -1.68. The van der Waals surface area contributed by atoms with E-state index in [0.29, 0.717) is 0 Å². The average molecular weight is 299 g/mol. The molecular weight excluding hydrogens is 274 g/mol. The summed E-state index contributed by atoms with van der Waals surface area (Å²) < 4.78 is 8.05. The number of hydrogen-bond donors (Lipinski definition) is 0. The van der Waals surface area contributed by atoms with Crippen molar-refractivity contribution in [3.63, 3.8) is 0 Å². The summed E-state index contributed by atoms with van der Waals surface area (Å²) in [5.41, 5.74) is 4.87. The minimum atomic E-state index is 0.140. The summed E-state index contributed by atoms with van der Waals surface area (Å²) in [7, 11) is 0. The molecule has 1 atom stereocenters. The van der Waals surface area contributed by atoms with Gasteiger partial charge in [-0.3, -0.25) is 0 Å². The van der Waals surface area contributed by atoms with Crippen molar-refractivity contribution in [3.8, 4) is 0 Å². The third-order valence-electron chi connectivity index (χ3n) is 4.35. The van der Waals surface area contributed by atoms with Crippen molar-refractivity contribution in [3.05, 3.63) is 46.8 Å². The van der Waals surface area contributed by atoms with Gasteiger partial charge in [-0.15, -0.1) is 5.10 Å². The largest absolute Gasteiger partial charge is 0.372 e. The predicted molar refractivity (Wildman–Crippen MR) is 86.8 cm³/mol. The Kier molecular flexibility index (Phi) is 4.88. The maximum absolute atomic E-state index is 6.00. The Labute approximate surface area is 132 Å². The zero-order valence-corrected chi connectivity index (χ0v) is 13.6. The zero-order chi connectivity index (χ0) is 15.4. The molecule has 1 heterocycles. The first-order chi connectivity index (χ1) is 10.8. The summed E-state index contributed by atoms with van der Waals surface area (Å²) in [6.07, 6.45) is 5.92. The monoisotopic (exact) mass is 299 g/mol. The zero-order valence-electron chi connectivity index (χ0n) is 13.6. The van der Waals surface area contributed by atoms with Crippen LogP contribution >= 0.6 is 0 Å². The first kappa shape index (κ1) is 15.2. The second kappa shape index (κ2) is 7.05. The van der Waals surface area contributed by atoms with E-state index in [2.05, 4.69) is 48.4 Å². The highest BCUT2D eigenvalue weighted by Crippen LogP contribution is 2.30. The molecule has 1 aliphatic carbocycles. The lowest BCUT2D eigenvalue weighted by Gasteiger charge is -2.21. The Morgan fingerprint density at radius 2 is 2.00 bits per heavy atom. The smallest absolute Gasteiger partial charge is 0.101 e. The molecule has 0 N–H and O–H groups in total. The van der Waals surface area contributed by atoms with Crippen molar-refractivity contribution in [1.82, 2.24) is 15.0 Å². The highest BCUT2D eigenvalue weighted by atomic mass is 16.5. The molecule has 2 aromatic rings. The van der Waals surface area contributed by atoms with E-state index in [1.807, 2.05) is 4.68 Å². The molecule has 0 spiro atoms. The quantitative estimate of drug-likeness (QED) is 0.861. The van der Waals surface area contributed by atoms with E-state index in [4.69, 9.17) is 4.74 Å². The maximum atomic E-state index is 6.00. The molecule has 4 heteroatoms. The van der Waals surface area contributed by atoms with Crippen LogP contribution in [-0.4, -0.2) is 21.6 Å². The number of hydrogen-bond acceptors (Lipinski definition) is 3. The number of fused-ring (bicyclic) bond motifs is 1. The van der Waals surface area contributed by atoms with E-state index in [0.717, 1.165) is 31.7 Å². The molecule has 0 radical (unpaired) electrons. The fraction of sp³-hybridized carbons (Fsp3) is 0.556. The summed E-state index contributed by atoms with van der Waals surface area (Å²) in [6.45, 7) is 5.68. The van der Waals surface area contributed by atoms with Crippen LogP contribution in [0.1, 0.15) is 61.2 Å². The Bertz CT molecular complexity index is 603. The number of ether oxygens (including phenoxy) is 1. The van der Waals surface area contributed by atoms with Gasteiger partial charge in [0.2, 0.25) is 0 Å². The van der Waals surface area contributed by atoms with E-state index in [1.54, 1.807) is 0 Å². The van der Waals surface area contributed by atoms with E-state index < -0.39 is 0 Å². The summed E-state index contributed by atoms with van der Waals surface area (Å²) in [6, 6.07) is 8.63. The molecule has 0 fully saturated rings. The minimum Gasteiger partial charge on any atom is -0.372 e. The lowest BCUT2D eigenvalue weighted by molar-refractivity contribution is 0.0463. The van der Waals surface area contributed by atoms with Gasteiger partial charge in [0.05, 0.1) is 17.9 Å². The molecule has 1 aromatic heterocycles. The standard InChI is InChI=1S/C18H25N3O/c1-3-22-17-8-6-4-5-7-16-18(17)21(20-19-16)13-15-11-9-14(2)10-12-15/h9-12,17H,3-8,13H2,1-2H3. The maximum Gasteiger partial charge on any atom is 0.101 e. The summed E-state index contributed by atoms with van der Waals surface area (Å²) in [4.78, 5) is 0. The van der Waals surface area contributed by atoms with Crippen LogP contribution in [0.4, 0.5) is 0 Å². The molecule has 0 saturated heterocycles. The SMILES string of the molecule is CCOC1CCCCCc2nnn(Cc3ccc(C)cc3)c21. The fourth-order valence-electron chi connectivity index (χ4n) is 3.17. The van der Waals surface area contributed by atoms with E-state index in [9.17, 15) is 0 Å². The van der Waals surface area contributed by atoms with Gasteiger partial charge in [0, 0.05) is 6.61 Å². The van der Waals surface area contributed by atoms with Gasteiger partial charge >= 0.3 is 0 Å². The van der Waals surface area contributed by atoms with Gasteiger partial charge in [-0.2, -0.15) is 0 Å². The Balaban J connectivity index is 1.89. The third-order valence-corrected chi connectivity index (χ3v) is 4.35. The van der Waals surface area contributed by atoms with E-state index >= 15 is 0 Å². The normalized spacial score (nSPS) is 18.5. The molecule has 0 aliphatic heterocycles. The summed E-state index contributed by atoms with van der Waals surface area (Å²) >= 11 is 0. The predicted octanol–water partition coefficient (Wildman–Crippen LogP) is 3.83. The van der Waals surface area contributed by atoms with E-state index in [-0.39, 0.29) is 6.10 Å². The molecule has 0 saturated carbocycles. The second-order valence-corrected chi connectivity index (χ2v) is 6.11. The van der Waals surface area contributed by atoms with Crippen molar-refractivity contribution in [2.24, 2.45) is 0 Å². The number of aromatic nitrogens is 3. The first-order valence-corrected chi connectivity index (χ1v) is 8.37. The highest BCUT2D eigenvalue weighted by Gasteiger charge is 2.24. The lowest BCUT2D eigenvalue weighted by atomic mass is 9.98. The van der Waals surface area contributed by atoms with Gasteiger partial charge in [0.15, 0.2) is 0 Å². The molecule has 1 unspecified atom stereocenters. The van der Waals surface area contributed by atoms with Crippen LogP contribution in [-0.2, 0) is 17.7 Å². The Morgan fingerprint density at radius 1 is 1.18 bits per heavy atom. The topological polar surface area (TPSA) is 39.9 Å². The average Bonchev–Trinajstić information content (AvgIpc) is 2.87. The van der Waals surface area contributed by atoms with Crippen LogP contribution in [0.2, 0.25) is 0 Å². The van der Waals surface area contributed by atoms with Gasteiger partial charge in [0.1, 0.15) is 6.10 Å². The third kappa shape index (κ3) is 3.38. The number of rotatable bonds is 4. The minimum absolute atomic E-state index is 0.140. The van der Waals surface area contributed by atoms with Crippen molar-refractivity contribution in [1.29, 1.82) is 0 Å². The number of nitrogens with zero attached hydrogens (tertiary/aromatic N) is 3. The van der Waals surface area contributed by atoms with Crippen LogP contribution in [0.15, 0.2) is 24.3 Å². The number of benzene rings is 1. The van der Waals surface area contributed by atoms with Gasteiger partial charge in [-0.25, -0.2) is 4.68 Å². The molecule has 22 heavy (non-hydrogen) atoms. The lowest BCUT2D eigenvalue weighted by Crippen LogP contribution is -2.16. The Morgan fingerprint density at radius 3 is 2.77 bits per heavy atom.